The minimum atomic E-state index is -0.306. The lowest BCUT2D eigenvalue weighted by molar-refractivity contribution is 0.0923. The largest absolute Gasteiger partial charge is 0.497 e. The molecule has 1 aromatic heterocycles. The maximum absolute atomic E-state index is 12.4. The Labute approximate surface area is 129 Å². The SMILES string of the molecule is COc1cccc(C(=O)NC(CC(C)C)c2nnc(C)o2)c1. The van der Waals surface area contributed by atoms with Gasteiger partial charge in [0.15, 0.2) is 0 Å². The van der Waals surface area contributed by atoms with Gasteiger partial charge in [-0.2, -0.15) is 0 Å². The van der Waals surface area contributed by atoms with Crippen molar-refractivity contribution in [2.45, 2.75) is 33.2 Å². The van der Waals surface area contributed by atoms with E-state index in [1.54, 1.807) is 38.3 Å². The smallest absolute Gasteiger partial charge is 0.252 e. The van der Waals surface area contributed by atoms with Gasteiger partial charge >= 0.3 is 0 Å². The van der Waals surface area contributed by atoms with Crippen molar-refractivity contribution >= 4 is 5.91 Å². The molecule has 1 heterocycles. The zero-order valence-electron chi connectivity index (χ0n) is 13.3. The molecule has 0 saturated carbocycles. The first-order valence-corrected chi connectivity index (χ1v) is 7.24. The van der Waals surface area contributed by atoms with E-state index < -0.39 is 0 Å². The zero-order valence-corrected chi connectivity index (χ0v) is 13.3. The molecular weight excluding hydrogens is 282 g/mol. The molecule has 0 radical (unpaired) electrons. The number of carbonyl (C=O) groups excluding carboxylic acids is 1. The first-order valence-electron chi connectivity index (χ1n) is 7.24. The third kappa shape index (κ3) is 4.07. The van der Waals surface area contributed by atoms with Gasteiger partial charge < -0.3 is 14.5 Å². The molecular formula is C16H21N3O3. The summed E-state index contributed by atoms with van der Waals surface area (Å²) in [6.45, 7) is 5.88. The molecule has 22 heavy (non-hydrogen) atoms. The van der Waals surface area contributed by atoms with Crippen LogP contribution in [-0.2, 0) is 0 Å². The van der Waals surface area contributed by atoms with Crippen LogP contribution < -0.4 is 10.1 Å². The maximum Gasteiger partial charge on any atom is 0.252 e. The zero-order chi connectivity index (χ0) is 16.1. The van der Waals surface area contributed by atoms with Crippen LogP contribution in [0.15, 0.2) is 28.7 Å². The summed E-state index contributed by atoms with van der Waals surface area (Å²) in [4.78, 5) is 12.4. The van der Waals surface area contributed by atoms with E-state index in [9.17, 15) is 4.79 Å². The number of amides is 1. The molecule has 6 nitrogen and oxygen atoms in total. The molecule has 0 fully saturated rings. The van der Waals surface area contributed by atoms with Crippen molar-refractivity contribution in [1.29, 1.82) is 0 Å². The molecule has 1 atom stereocenters. The molecule has 0 aliphatic heterocycles. The Morgan fingerprint density at radius 1 is 1.36 bits per heavy atom. The van der Waals surface area contributed by atoms with Gasteiger partial charge in [0.25, 0.3) is 5.91 Å². The third-order valence-corrected chi connectivity index (χ3v) is 3.18. The van der Waals surface area contributed by atoms with E-state index >= 15 is 0 Å². The molecule has 0 spiro atoms. The van der Waals surface area contributed by atoms with Crippen LogP contribution in [0.25, 0.3) is 0 Å². The Hall–Kier alpha value is -2.37. The van der Waals surface area contributed by atoms with Crippen LogP contribution in [0.4, 0.5) is 0 Å². The summed E-state index contributed by atoms with van der Waals surface area (Å²) in [6.07, 6.45) is 0.720. The highest BCUT2D eigenvalue weighted by atomic mass is 16.5. The molecule has 0 aliphatic rings. The van der Waals surface area contributed by atoms with Crippen LogP contribution in [0.5, 0.6) is 5.75 Å². The summed E-state index contributed by atoms with van der Waals surface area (Å²) in [5.41, 5.74) is 0.532. The fourth-order valence-electron chi connectivity index (χ4n) is 2.15. The van der Waals surface area contributed by atoms with Crippen molar-refractivity contribution in [2.24, 2.45) is 5.92 Å². The Kier molecular flexibility index (Phi) is 5.14. The number of rotatable bonds is 6. The average molecular weight is 303 g/mol. The monoisotopic (exact) mass is 303 g/mol. The number of methoxy groups -OCH3 is 1. The molecule has 1 N–H and O–H groups in total. The van der Waals surface area contributed by atoms with Crippen LogP contribution in [0.1, 0.15) is 48.4 Å². The Bertz CT molecular complexity index is 637. The minimum Gasteiger partial charge on any atom is -0.497 e. The Morgan fingerprint density at radius 3 is 2.73 bits per heavy atom. The van der Waals surface area contributed by atoms with Crippen LogP contribution in [-0.4, -0.2) is 23.2 Å². The number of benzene rings is 1. The number of aromatic nitrogens is 2. The van der Waals surface area contributed by atoms with Crippen LogP contribution in [0.2, 0.25) is 0 Å². The first-order chi connectivity index (χ1) is 10.5. The second-order valence-electron chi connectivity index (χ2n) is 5.55. The summed E-state index contributed by atoms with van der Waals surface area (Å²) >= 11 is 0. The topological polar surface area (TPSA) is 77.2 Å². The predicted molar refractivity (Wildman–Crippen MR) is 81.7 cm³/mol. The molecule has 1 amide bonds. The molecule has 0 bridgehead atoms. The highest BCUT2D eigenvalue weighted by Crippen LogP contribution is 2.21. The van der Waals surface area contributed by atoms with E-state index in [1.165, 1.54) is 0 Å². The second-order valence-corrected chi connectivity index (χ2v) is 5.55. The molecule has 6 heteroatoms. The van der Waals surface area contributed by atoms with Crippen molar-refractivity contribution in [3.63, 3.8) is 0 Å². The van der Waals surface area contributed by atoms with Gasteiger partial charge in [-0.25, -0.2) is 0 Å². The lowest BCUT2D eigenvalue weighted by Gasteiger charge is -2.17. The summed E-state index contributed by atoms with van der Waals surface area (Å²) in [5.74, 6) is 1.74. The van der Waals surface area contributed by atoms with E-state index in [0.717, 1.165) is 6.42 Å². The van der Waals surface area contributed by atoms with Gasteiger partial charge in [0.2, 0.25) is 11.8 Å². The number of hydrogen-bond donors (Lipinski definition) is 1. The maximum atomic E-state index is 12.4. The summed E-state index contributed by atoms with van der Waals surface area (Å²) in [5, 5.41) is 10.8. The number of hydrogen-bond acceptors (Lipinski definition) is 5. The lowest BCUT2D eigenvalue weighted by atomic mass is 10.0. The van der Waals surface area contributed by atoms with Crippen molar-refractivity contribution in [3.05, 3.63) is 41.6 Å². The number of aryl methyl sites for hydroxylation is 1. The number of nitrogens with one attached hydrogen (secondary N) is 1. The predicted octanol–water partition coefficient (Wildman–Crippen LogP) is 2.90. The molecule has 2 aromatic rings. The number of ether oxygens (including phenoxy) is 1. The average Bonchev–Trinajstić information content (AvgIpc) is 2.92. The second kappa shape index (κ2) is 7.06. The summed E-state index contributed by atoms with van der Waals surface area (Å²) < 4.78 is 10.6. The fraction of sp³-hybridized carbons (Fsp3) is 0.438. The molecule has 118 valence electrons. The summed E-state index contributed by atoms with van der Waals surface area (Å²) in [6, 6.07) is 6.70. The van der Waals surface area contributed by atoms with Gasteiger partial charge in [-0.3, -0.25) is 4.79 Å². The van der Waals surface area contributed by atoms with Gasteiger partial charge in [0.1, 0.15) is 11.8 Å². The van der Waals surface area contributed by atoms with Crippen LogP contribution >= 0.6 is 0 Å². The van der Waals surface area contributed by atoms with Gasteiger partial charge in [-0.1, -0.05) is 19.9 Å². The van der Waals surface area contributed by atoms with Crippen LogP contribution in [0.3, 0.4) is 0 Å². The molecule has 0 aliphatic carbocycles. The highest BCUT2D eigenvalue weighted by Gasteiger charge is 2.22. The number of nitrogens with zero attached hydrogens (tertiary/aromatic N) is 2. The van der Waals surface area contributed by atoms with Crippen molar-refractivity contribution in [1.82, 2.24) is 15.5 Å². The Balaban J connectivity index is 2.17. The molecule has 0 saturated heterocycles. The van der Waals surface area contributed by atoms with Gasteiger partial charge in [-0.05, 0) is 30.5 Å². The first kappa shape index (κ1) is 16.0. The molecule has 2 rings (SSSR count). The van der Waals surface area contributed by atoms with E-state index in [1.807, 2.05) is 0 Å². The fourth-order valence-corrected chi connectivity index (χ4v) is 2.15. The Morgan fingerprint density at radius 2 is 2.14 bits per heavy atom. The number of carbonyl (C=O) groups is 1. The highest BCUT2D eigenvalue weighted by molar-refractivity contribution is 5.94. The third-order valence-electron chi connectivity index (χ3n) is 3.18. The minimum absolute atomic E-state index is 0.194. The van der Waals surface area contributed by atoms with Crippen LogP contribution in [0, 0.1) is 12.8 Å². The summed E-state index contributed by atoms with van der Waals surface area (Å²) in [7, 11) is 1.57. The van der Waals surface area contributed by atoms with E-state index in [0.29, 0.717) is 29.0 Å². The van der Waals surface area contributed by atoms with Crippen molar-refractivity contribution in [2.75, 3.05) is 7.11 Å². The van der Waals surface area contributed by atoms with Gasteiger partial charge in [-0.15, -0.1) is 10.2 Å². The van der Waals surface area contributed by atoms with Crippen molar-refractivity contribution in [3.8, 4) is 5.75 Å². The van der Waals surface area contributed by atoms with E-state index in [2.05, 4.69) is 29.4 Å². The quantitative estimate of drug-likeness (QED) is 0.888. The van der Waals surface area contributed by atoms with E-state index in [4.69, 9.17) is 9.15 Å². The standard InChI is InChI=1S/C16H21N3O3/c1-10(2)8-14(16-19-18-11(3)22-16)17-15(20)12-6-5-7-13(9-12)21-4/h5-7,9-10,14H,8H2,1-4H3,(H,17,20). The van der Waals surface area contributed by atoms with E-state index in [-0.39, 0.29) is 11.9 Å². The van der Waals surface area contributed by atoms with Crippen molar-refractivity contribution < 1.29 is 13.9 Å². The lowest BCUT2D eigenvalue weighted by Crippen LogP contribution is -2.29. The molecule has 1 unspecified atom stereocenters. The van der Waals surface area contributed by atoms with Gasteiger partial charge in [0.05, 0.1) is 7.11 Å². The van der Waals surface area contributed by atoms with Gasteiger partial charge in [0, 0.05) is 12.5 Å². The normalized spacial score (nSPS) is 12.2. The molecule has 1 aromatic carbocycles.